The molecule has 0 saturated heterocycles. The van der Waals surface area contributed by atoms with Crippen LogP contribution in [-0.4, -0.2) is 35.9 Å². The number of carbonyl (C=O) groups excluding carboxylic acids is 2. The number of rotatable bonds is 6. The fourth-order valence-electron chi connectivity index (χ4n) is 4.99. The fraction of sp³-hybridized carbons (Fsp3) is 0.481. The third-order valence-electron chi connectivity index (χ3n) is 6.76. The van der Waals surface area contributed by atoms with Crippen LogP contribution in [-0.2, 0) is 16.0 Å². The van der Waals surface area contributed by atoms with Crippen LogP contribution >= 0.6 is 0 Å². The van der Waals surface area contributed by atoms with Gasteiger partial charge in [-0.05, 0) is 68.9 Å². The molecule has 4 rings (SSSR count). The Kier molecular flexibility index (Phi) is 6.83. The smallest absolute Gasteiger partial charge is 0.260 e. The Bertz CT molecular complexity index is 963. The zero-order chi connectivity index (χ0) is 22.7. The van der Waals surface area contributed by atoms with E-state index in [-0.39, 0.29) is 23.8 Å². The first-order valence-corrected chi connectivity index (χ1v) is 11.9. The van der Waals surface area contributed by atoms with E-state index in [1.54, 1.807) is 6.92 Å². The molecule has 1 saturated carbocycles. The summed E-state index contributed by atoms with van der Waals surface area (Å²) in [7, 11) is 0. The number of nitrogens with zero attached hydrogens (tertiary/aromatic N) is 1. The minimum Gasteiger partial charge on any atom is -0.481 e. The Morgan fingerprint density at radius 2 is 1.84 bits per heavy atom. The number of hydrogen-bond donors (Lipinski definition) is 1. The summed E-state index contributed by atoms with van der Waals surface area (Å²) in [6, 6.07) is 14.4. The summed E-state index contributed by atoms with van der Waals surface area (Å²) in [4.78, 5) is 27.8. The fourth-order valence-corrected chi connectivity index (χ4v) is 4.99. The maximum Gasteiger partial charge on any atom is 0.260 e. The predicted molar refractivity (Wildman–Crippen MR) is 126 cm³/mol. The lowest BCUT2D eigenvalue weighted by Crippen LogP contribution is -2.43. The SMILES string of the molecule is CCNC(=O)[C@H](C)Oc1ccc2c(c1)[C@@H](c1ccc(C)cc1)N(C(=O)C1CCCC1)CC2. The largest absolute Gasteiger partial charge is 0.481 e. The molecule has 2 amide bonds. The molecule has 2 atom stereocenters. The zero-order valence-electron chi connectivity index (χ0n) is 19.4. The van der Waals surface area contributed by atoms with Crippen molar-refractivity contribution in [1.82, 2.24) is 10.2 Å². The molecule has 1 heterocycles. The molecule has 2 aromatic carbocycles. The molecule has 1 N–H and O–H groups in total. The van der Waals surface area contributed by atoms with Crippen LogP contribution in [0.2, 0.25) is 0 Å². The van der Waals surface area contributed by atoms with Crippen molar-refractivity contribution >= 4 is 11.8 Å². The van der Waals surface area contributed by atoms with E-state index < -0.39 is 6.10 Å². The van der Waals surface area contributed by atoms with E-state index in [4.69, 9.17) is 4.74 Å². The maximum atomic E-state index is 13.5. The highest BCUT2D eigenvalue weighted by Crippen LogP contribution is 2.39. The van der Waals surface area contributed by atoms with Gasteiger partial charge in [-0.2, -0.15) is 0 Å². The number of fused-ring (bicyclic) bond motifs is 1. The predicted octanol–water partition coefficient (Wildman–Crippen LogP) is 4.56. The van der Waals surface area contributed by atoms with Gasteiger partial charge >= 0.3 is 0 Å². The van der Waals surface area contributed by atoms with Gasteiger partial charge in [0.1, 0.15) is 5.75 Å². The van der Waals surface area contributed by atoms with Gasteiger partial charge in [-0.15, -0.1) is 0 Å². The average molecular weight is 435 g/mol. The molecule has 2 aromatic rings. The molecule has 1 aliphatic carbocycles. The van der Waals surface area contributed by atoms with Crippen molar-refractivity contribution in [2.45, 2.75) is 65.0 Å². The van der Waals surface area contributed by atoms with Crippen LogP contribution in [0.3, 0.4) is 0 Å². The van der Waals surface area contributed by atoms with Crippen molar-refractivity contribution in [1.29, 1.82) is 0 Å². The Morgan fingerprint density at radius 3 is 2.53 bits per heavy atom. The average Bonchev–Trinajstić information content (AvgIpc) is 3.33. The van der Waals surface area contributed by atoms with E-state index in [9.17, 15) is 9.59 Å². The number of nitrogens with one attached hydrogen (secondary N) is 1. The van der Waals surface area contributed by atoms with E-state index in [0.29, 0.717) is 12.3 Å². The Hall–Kier alpha value is -2.82. The van der Waals surface area contributed by atoms with Gasteiger partial charge in [0.15, 0.2) is 6.10 Å². The molecule has 0 aromatic heterocycles. The molecule has 0 spiro atoms. The van der Waals surface area contributed by atoms with Crippen molar-refractivity contribution in [3.63, 3.8) is 0 Å². The lowest BCUT2D eigenvalue weighted by atomic mass is 9.86. The molecular formula is C27H34N2O3. The number of carbonyl (C=O) groups is 2. The number of aryl methyl sites for hydroxylation is 1. The molecule has 0 bridgehead atoms. The second-order valence-electron chi connectivity index (χ2n) is 9.09. The lowest BCUT2D eigenvalue weighted by molar-refractivity contribution is -0.137. The van der Waals surface area contributed by atoms with Gasteiger partial charge in [-0.3, -0.25) is 9.59 Å². The van der Waals surface area contributed by atoms with Gasteiger partial charge in [-0.1, -0.05) is 48.7 Å². The molecule has 1 fully saturated rings. The minimum absolute atomic E-state index is 0.127. The molecule has 2 aliphatic rings. The summed E-state index contributed by atoms with van der Waals surface area (Å²) >= 11 is 0. The van der Waals surface area contributed by atoms with Crippen LogP contribution in [0.15, 0.2) is 42.5 Å². The van der Waals surface area contributed by atoms with Gasteiger partial charge in [0.05, 0.1) is 6.04 Å². The standard InChI is InChI=1S/C27H34N2O3/c1-4-28-26(30)19(3)32-23-14-13-20-15-16-29(27(31)22-7-5-6-8-22)25(24(20)17-23)21-11-9-18(2)10-12-21/h9-14,17,19,22,25H,4-8,15-16H2,1-3H3,(H,28,30)/t19-,25+/m0/s1. The van der Waals surface area contributed by atoms with Crippen molar-refractivity contribution < 1.29 is 14.3 Å². The van der Waals surface area contributed by atoms with Crippen LogP contribution in [0, 0.1) is 12.8 Å². The lowest BCUT2D eigenvalue weighted by Gasteiger charge is -2.39. The topological polar surface area (TPSA) is 58.6 Å². The van der Waals surface area contributed by atoms with E-state index in [1.807, 2.05) is 19.1 Å². The number of amides is 2. The summed E-state index contributed by atoms with van der Waals surface area (Å²) in [6.07, 6.45) is 4.54. The summed E-state index contributed by atoms with van der Waals surface area (Å²) < 4.78 is 5.98. The third-order valence-corrected chi connectivity index (χ3v) is 6.76. The summed E-state index contributed by atoms with van der Waals surface area (Å²) in [5.41, 5.74) is 4.67. The van der Waals surface area contributed by atoms with Gasteiger partial charge < -0.3 is 15.0 Å². The monoisotopic (exact) mass is 434 g/mol. The number of ether oxygens (including phenoxy) is 1. The van der Waals surface area contributed by atoms with E-state index in [2.05, 4.69) is 47.5 Å². The number of likely N-dealkylation sites (N-methyl/N-ethyl adjacent to an activating group) is 1. The quantitative estimate of drug-likeness (QED) is 0.725. The van der Waals surface area contributed by atoms with Crippen LogP contribution in [0.4, 0.5) is 0 Å². The third kappa shape index (κ3) is 4.67. The van der Waals surface area contributed by atoms with Crippen LogP contribution in [0.25, 0.3) is 0 Å². The molecule has 5 heteroatoms. The van der Waals surface area contributed by atoms with Crippen LogP contribution < -0.4 is 10.1 Å². The van der Waals surface area contributed by atoms with Crippen LogP contribution in [0.5, 0.6) is 5.75 Å². The van der Waals surface area contributed by atoms with Gasteiger partial charge in [0.25, 0.3) is 5.91 Å². The van der Waals surface area contributed by atoms with Gasteiger partial charge in [0, 0.05) is 19.0 Å². The van der Waals surface area contributed by atoms with Crippen molar-refractivity contribution in [3.05, 3.63) is 64.7 Å². The summed E-state index contributed by atoms with van der Waals surface area (Å²) in [6.45, 7) is 7.04. The highest BCUT2D eigenvalue weighted by Gasteiger charge is 2.36. The maximum absolute atomic E-state index is 13.5. The van der Waals surface area contributed by atoms with Gasteiger partial charge in [0.2, 0.25) is 5.91 Å². The van der Waals surface area contributed by atoms with Crippen molar-refractivity contribution in [3.8, 4) is 5.75 Å². The van der Waals surface area contributed by atoms with Crippen LogP contribution in [0.1, 0.15) is 67.8 Å². The second-order valence-corrected chi connectivity index (χ2v) is 9.09. The first-order chi connectivity index (χ1) is 15.5. The van der Waals surface area contributed by atoms with Crippen molar-refractivity contribution in [2.75, 3.05) is 13.1 Å². The Balaban J connectivity index is 1.69. The van der Waals surface area contributed by atoms with Crippen molar-refractivity contribution in [2.24, 2.45) is 5.92 Å². The second kappa shape index (κ2) is 9.76. The molecule has 0 unspecified atom stereocenters. The highest BCUT2D eigenvalue weighted by atomic mass is 16.5. The van der Waals surface area contributed by atoms with E-state index in [0.717, 1.165) is 49.8 Å². The Morgan fingerprint density at radius 1 is 1.12 bits per heavy atom. The Labute approximate surface area is 191 Å². The van der Waals surface area contributed by atoms with Gasteiger partial charge in [-0.25, -0.2) is 0 Å². The molecule has 5 nitrogen and oxygen atoms in total. The molecule has 170 valence electrons. The minimum atomic E-state index is -0.578. The molecule has 1 aliphatic heterocycles. The first-order valence-electron chi connectivity index (χ1n) is 11.9. The first kappa shape index (κ1) is 22.4. The zero-order valence-corrected chi connectivity index (χ0v) is 19.4. The molecule has 0 radical (unpaired) electrons. The van der Waals surface area contributed by atoms with E-state index in [1.165, 1.54) is 11.1 Å². The normalized spacial score (nSPS) is 19.3. The molecule has 32 heavy (non-hydrogen) atoms. The molecular weight excluding hydrogens is 400 g/mol. The summed E-state index contributed by atoms with van der Waals surface area (Å²) in [5.74, 6) is 0.954. The van der Waals surface area contributed by atoms with E-state index >= 15 is 0 Å². The number of benzene rings is 2. The summed E-state index contributed by atoms with van der Waals surface area (Å²) in [5, 5.41) is 2.80. The highest BCUT2D eigenvalue weighted by molar-refractivity contribution is 5.81. The number of hydrogen-bond acceptors (Lipinski definition) is 3.